The monoisotopic (exact) mass is 288 g/mol. The second kappa shape index (κ2) is 6.06. The van der Waals surface area contributed by atoms with Gasteiger partial charge in [-0.25, -0.2) is 4.79 Å². The molecule has 2 saturated heterocycles. The van der Waals surface area contributed by atoms with Gasteiger partial charge in [-0.05, 0) is 31.7 Å². The number of nitrogens with zero attached hydrogens (tertiary/aromatic N) is 1. The van der Waals surface area contributed by atoms with E-state index in [1.165, 1.54) is 12.0 Å². The number of likely N-dealkylation sites (tertiary alicyclic amines) is 1. The predicted molar refractivity (Wildman–Crippen MR) is 82.1 cm³/mol. The van der Waals surface area contributed by atoms with Crippen molar-refractivity contribution in [2.75, 3.05) is 26.3 Å². The highest BCUT2D eigenvalue weighted by Gasteiger charge is 2.40. The Labute approximate surface area is 126 Å². The van der Waals surface area contributed by atoms with Crippen LogP contribution in [0.2, 0.25) is 0 Å². The van der Waals surface area contributed by atoms with Gasteiger partial charge < -0.3 is 15.0 Å². The van der Waals surface area contributed by atoms with Gasteiger partial charge in [0.1, 0.15) is 0 Å². The molecule has 0 bridgehead atoms. The second-order valence-electron chi connectivity index (χ2n) is 6.47. The first kappa shape index (κ1) is 14.4. The normalized spacial score (nSPS) is 25.3. The van der Waals surface area contributed by atoms with Crippen LogP contribution < -0.4 is 5.32 Å². The zero-order valence-electron chi connectivity index (χ0n) is 12.7. The van der Waals surface area contributed by atoms with Gasteiger partial charge >= 0.3 is 6.03 Å². The minimum atomic E-state index is 0.0570. The molecule has 0 aromatic heterocycles. The Morgan fingerprint density at radius 1 is 1.33 bits per heavy atom. The molecule has 1 spiro atoms. The molecule has 1 aromatic carbocycles. The fraction of sp³-hybridized carbons (Fsp3) is 0.588. The predicted octanol–water partition coefficient (Wildman–Crippen LogP) is 2.71. The average Bonchev–Trinajstić information content (AvgIpc) is 2.94. The van der Waals surface area contributed by atoms with Crippen LogP contribution in [0.1, 0.15) is 30.4 Å². The maximum atomic E-state index is 12.4. The summed E-state index contributed by atoms with van der Waals surface area (Å²) in [5, 5.41) is 3.04. The van der Waals surface area contributed by atoms with Crippen molar-refractivity contribution in [3.63, 3.8) is 0 Å². The van der Waals surface area contributed by atoms with E-state index in [0.717, 1.165) is 44.7 Å². The van der Waals surface area contributed by atoms with Crippen LogP contribution in [0.15, 0.2) is 24.3 Å². The molecule has 1 N–H and O–H groups in total. The van der Waals surface area contributed by atoms with Crippen molar-refractivity contribution in [1.82, 2.24) is 10.2 Å². The van der Waals surface area contributed by atoms with Crippen LogP contribution in [0, 0.1) is 12.3 Å². The number of piperidine rings is 1. The molecule has 1 atom stereocenters. The van der Waals surface area contributed by atoms with Gasteiger partial charge in [0.2, 0.25) is 0 Å². The number of benzene rings is 1. The number of ether oxygens (including phenoxy) is 1. The molecule has 0 radical (unpaired) electrons. The number of rotatable bonds is 2. The van der Waals surface area contributed by atoms with Gasteiger partial charge in [0.15, 0.2) is 0 Å². The van der Waals surface area contributed by atoms with Gasteiger partial charge in [0.05, 0.1) is 6.61 Å². The summed E-state index contributed by atoms with van der Waals surface area (Å²) >= 11 is 0. The molecule has 0 saturated carbocycles. The van der Waals surface area contributed by atoms with E-state index in [0.29, 0.717) is 6.54 Å². The lowest BCUT2D eigenvalue weighted by atomic mass is 9.79. The first-order chi connectivity index (χ1) is 10.2. The lowest BCUT2D eigenvalue weighted by molar-refractivity contribution is 0.0826. The highest BCUT2D eigenvalue weighted by Crippen LogP contribution is 2.37. The van der Waals surface area contributed by atoms with Crippen molar-refractivity contribution in [2.45, 2.75) is 32.7 Å². The van der Waals surface area contributed by atoms with Crippen LogP contribution in [0.3, 0.4) is 0 Å². The molecule has 2 fully saturated rings. The molecule has 0 unspecified atom stereocenters. The molecule has 3 rings (SSSR count). The highest BCUT2D eigenvalue weighted by molar-refractivity contribution is 5.74. The van der Waals surface area contributed by atoms with E-state index in [1.54, 1.807) is 0 Å². The Kier molecular flexibility index (Phi) is 4.15. The summed E-state index contributed by atoms with van der Waals surface area (Å²) in [5.74, 6) is 0. The molecule has 4 heteroatoms. The Morgan fingerprint density at radius 3 is 2.86 bits per heavy atom. The summed E-state index contributed by atoms with van der Waals surface area (Å²) in [6.45, 7) is 6.03. The molecule has 0 aliphatic carbocycles. The van der Waals surface area contributed by atoms with Crippen molar-refractivity contribution in [3.8, 4) is 0 Å². The van der Waals surface area contributed by atoms with Crippen molar-refractivity contribution in [2.24, 2.45) is 5.41 Å². The van der Waals surface area contributed by atoms with E-state index in [2.05, 4.69) is 36.5 Å². The number of carbonyl (C=O) groups excluding carboxylic acids is 1. The second-order valence-corrected chi connectivity index (χ2v) is 6.47. The number of urea groups is 1. The van der Waals surface area contributed by atoms with Gasteiger partial charge in [-0.15, -0.1) is 0 Å². The van der Waals surface area contributed by atoms with Gasteiger partial charge in [0, 0.05) is 31.7 Å². The van der Waals surface area contributed by atoms with E-state index in [4.69, 9.17) is 4.74 Å². The number of amides is 2. The first-order valence-electron chi connectivity index (χ1n) is 7.83. The third kappa shape index (κ3) is 3.38. The molecule has 2 aliphatic rings. The number of hydrogen-bond donors (Lipinski definition) is 1. The van der Waals surface area contributed by atoms with Gasteiger partial charge in [0.25, 0.3) is 0 Å². The zero-order valence-corrected chi connectivity index (χ0v) is 12.7. The number of aryl methyl sites for hydroxylation is 1. The number of carbonyl (C=O) groups is 1. The SMILES string of the molecule is Cc1ccc(CNC(=O)N2CCC[C@]3(CCOC3)C2)cc1. The standard InChI is InChI=1S/C17H24N2O2/c1-14-3-5-15(6-4-14)11-18-16(20)19-9-2-7-17(12-19)8-10-21-13-17/h3-6H,2,7-13H2,1H3,(H,18,20)/t17-/m0/s1. The topological polar surface area (TPSA) is 41.6 Å². The van der Waals surface area contributed by atoms with Crippen LogP contribution in [-0.4, -0.2) is 37.2 Å². The first-order valence-corrected chi connectivity index (χ1v) is 7.83. The van der Waals surface area contributed by atoms with E-state index in [1.807, 2.05) is 4.90 Å². The average molecular weight is 288 g/mol. The largest absolute Gasteiger partial charge is 0.381 e. The van der Waals surface area contributed by atoms with Crippen LogP contribution >= 0.6 is 0 Å². The summed E-state index contributed by atoms with van der Waals surface area (Å²) in [6.07, 6.45) is 3.37. The Balaban J connectivity index is 1.54. The lowest BCUT2D eigenvalue weighted by Crippen LogP contribution is -2.49. The minimum absolute atomic E-state index is 0.0570. The van der Waals surface area contributed by atoms with Crippen molar-refractivity contribution in [1.29, 1.82) is 0 Å². The van der Waals surface area contributed by atoms with E-state index in [9.17, 15) is 4.79 Å². The summed E-state index contributed by atoms with van der Waals surface area (Å²) in [4.78, 5) is 14.3. The van der Waals surface area contributed by atoms with Crippen molar-refractivity contribution in [3.05, 3.63) is 35.4 Å². The molecule has 2 heterocycles. The molecule has 2 amide bonds. The molecular weight excluding hydrogens is 264 g/mol. The van der Waals surface area contributed by atoms with Crippen LogP contribution in [0.4, 0.5) is 4.79 Å². The van der Waals surface area contributed by atoms with Crippen LogP contribution in [0.5, 0.6) is 0 Å². The fourth-order valence-corrected chi connectivity index (χ4v) is 3.35. The van der Waals surface area contributed by atoms with Crippen molar-refractivity contribution < 1.29 is 9.53 Å². The van der Waals surface area contributed by atoms with E-state index >= 15 is 0 Å². The van der Waals surface area contributed by atoms with E-state index in [-0.39, 0.29) is 11.4 Å². The molecule has 2 aliphatic heterocycles. The summed E-state index contributed by atoms with van der Waals surface area (Å²) < 4.78 is 5.55. The minimum Gasteiger partial charge on any atom is -0.381 e. The van der Waals surface area contributed by atoms with Gasteiger partial charge in [-0.2, -0.15) is 0 Å². The smallest absolute Gasteiger partial charge is 0.317 e. The Morgan fingerprint density at radius 2 is 2.14 bits per heavy atom. The molecule has 114 valence electrons. The van der Waals surface area contributed by atoms with Crippen LogP contribution in [-0.2, 0) is 11.3 Å². The van der Waals surface area contributed by atoms with Crippen molar-refractivity contribution >= 4 is 6.03 Å². The van der Waals surface area contributed by atoms with Gasteiger partial charge in [-0.3, -0.25) is 0 Å². The molecule has 21 heavy (non-hydrogen) atoms. The third-order valence-corrected chi connectivity index (χ3v) is 4.70. The number of nitrogens with one attached hydrogen (secondary N) is 1. The number of hydrogen-bond acceptors (Lipinski definition) is 2. The molecule has 4 nitrogen and oxygen atoms in total. The maximum absolute atomic E-state index is 12.4. The fourth-order valence-electron chi connectivity index (χ4n) is 3.35. The summed E-state index contributed by atoms with van der Waals surface area (Å²) in [5.41, 5.74) is 2.61. The maximum Gasteiger partial charge on any atom is 0.317 e. The third-order valence-electron chi connectivity index (χ3n) is 4.70. The Hall–Kier alpha value is -1.55. The summed E-state index contributed by atoms with van der Waals surface area (Å²) in [7, 11) is 0. The quantitative estimate of drug-likeness (QED) is 0.909. The van der Waals surface area contributed by atoms with E-state index < -0.39 is 0 Å². The summed E-state index contributed by atoms with van der Waals surface area (Å²) in [6, 6.07) is 8.35. The highest BCUT2D eigenvalue weighted by atomic mass is 16.5. The molecular formula is C17H24N2O2. The lowest BCUT2D eigenvalue weighted by Gasteiger charge is -2.39. The van der Waals surface area contributed by atoms with Crippen LogP contribution in [0.25, 0.3) is 0 Å². The zero-order chi connectivity index (χ0) is 14.7. The Bertz CT molecular complexity index is 492. The van der Waals surface area contributed by atoms with Gasteiger partial charge in [-0.1, -0.05) is 29.8 Å². The molecule has 1 aromatic rings.